The SMILES string of the molecule is C#CCn1c(/C=N/O)cc2ccccc21. The van der Waals surface area contributed by atoms with Gasteiger partial charge in [-0.1, -0.05) is 29.3 Å². The highest BCUT2D eigenvalue weighted by molar-refractivity contribution is 5.90. The largest absolute Gasteiger partial charge is 0.411 e. The van der Waals surface area contributed by atoms with Gasteiger partial charge in [0.15, 0.2) is 0 Å². The summed E-state index contributed by atoms with van der Waals surface area (Å²) in [4.78, 5) is 0. The lowest BCUT2D eigenvalue weighted by Gasteiger charge is -2.02. The van der Waals surface area contributed by atoms with Crippen LogP contribution < -0.4 is 0 Å². The lowest BCUT2D eigenvalue weighted by Crippen LogP contribution is -2.00. The summed E-state index contributed by atoms with van der Waals surface area (Å²) < 4.78 is 1.93. The smallest absolute Gasteiger partial charge is 0.0899 e. The number of oxime groups is 1. The molecule has 0 saturated heterocycles. The predicted octanol–water partition coefficient (Wildman–Crippen LogP) is 2.08. The number of aromatic nitrogens is 1. The summed E-state index contributed by atoms with van der Waals surface area (Å²) in [7, 11) is 0. The number of nitrogens with zero attached hydrogens (tertiary/aromatic N) is 2. The number of benzene rings is 1. The lowest BCUT2D eigenvalue weighted by atomic mass is 10.2. The van der Waals surface area contributed by atoms with Gasteiger partial charge in [-0.2, -0.15) is 0 Å². The number of fused-ring (bicyclic) bond motifs is 1. The van der Waals surface area contributed by atoms with E-state index in [0.29, 0.717) is 6.54 Å². The summed E-state index contributed by atoms with van der Waals surface area (Å²) in [6, 6.07) is 9.84. The Morgan fingerprint density at radius 3 is 3.00 bits per heavy atom. The predicted molar refractivity (Wildman–Crippen MR) is 60.2 cm³/mol. The maximum absolute atomic E-state index is 8.54. The molecular formula is C12H10N2O. The first-order chi connectivity index (χ1) is 7.36. The van der Waals surface area contributed by atoms with Crippen LogP contribution in [0, 0.1) is 12.3 Å². The van der Waals surface area contributed by atoms with Gasteiger partial charge in [0.25, 0.3) is 0 Å². The third-order valence-corrected chi connectivity index (χ3v) is 2.28. The topological polar surface area (TPSA) is 37.5 Å². The molecule has 0 spiro atoms. The first-order valence-electron chi connectivity index (χ1n) is 4.56. The van der Waals surface area contributed by atoms with Crippen LogP contribution in [0.5, 0.6) is 0 Å². The molecule has 1 aromatic heterocycles. The van der Waals surface area contributed by atoms with Crippen LogP contribution in [0.4, 0.5) is 0 Å². The van der Waals surface area contributed by atoms with Crippen LogP contribution in [0.15, 0.2) is 35.5 Å². The number of terminal acetylenes is 1. The van der Waals surface area contributed by atoms with Gasteiger partial charge in [-0.3, -0.25) is 0 Å². The number of rotatable bonds is 2. The fourth-order valence-corrected chi connectivity index (χ4v) is 1.67. The summed E-state index contributed by atoms with van der Waals surface area (Å²) in [6.07, 6.45) is 6.68. The van der Waals surface area contributed by atoms with Gasteiger partial charge >= 0.3 is 0 Å². The van der Waals surface area contributed by atoms with Crippen LogP contribution in [-0.2, 0) is 6.54 Å². The molecule has 3 nitrogen and oxygen atoms in total. The zero-order chi connectivity index (χ0) is 10.7. The Kier molecular flexibility index (Phi) is 2.42. The number of para-hydroxylation sites is 1. The van der Waals surface area contributed by atoms with E-state index in [-0.39, 0.29) is 0 Å². The van der Waals surface area contributed by atoms with E-state index in [1.54, 1.807) is 0 Å². The fourth-order valence-electron chi connectivity index (χ4n) is 1.67. The third kappa shape index (κ3) is 1.57. The maximum Gasteiger partial charge on any atom is 0.0899 e. The van der Waals surface area contributed by atoms with Crippen molar-refractivity contribution in [1.82, 2.24) is 4.57 Å². The van der Waals surface area contributed by atoms with E-state index >= 15 is 0 Å². The summed E-state index contributed by atoms with van der Waals surface area (Å²) in [5.74, 6) is 2.58. The average molecular weight is 198 g/mol. The van der Waals surface area contributed by atoms with E-state index in [9.17, 15) is 0 Å². The molecule has 74 valence electrons. The molecule has 1 aromatic carbocycles. The monoisotopic (exact) mass is 198 g/mol. The van der Waals surface area contributed by atoms with Gasteiger partial charge in [-0.25, -0.2) is 0 Å². The molecule has 15 heavy (non-hydrogen) atoms. The minimum absolute atomic E-state index is 0.467. The zero-order valence-electron chi connectivity index (χ0n) is 8.09. The first kappa shape index (κ1) is 9.35. The molecule has 2 rings (SSSR count). The van der Waals surface area contributed by atoms with Gasteiger partial charge in [0.2, 0.25) is 0 Å². The Morgan fingerprint density at radius 2 is 2.27 bits per heavy atom. The minimum Gasteiger partial charge on any atom is -0.411 e. The minimum atomic E-state index is 0.467. The summed E-state index contributed by atoms with van der Waals surface area (Å²) in [5, 5.41) is 12.7. The van der Waals surface area contributed by atoms with E-state index in [2.05, 4.69) is 11.1 Å². The summed E-state index contributed by atoms with van der Waals surface area (Å²) in [6.45, 7) is 0.467. The van der Waals surface area contributed by atoms with Crippen LogP contribution in [0.1, 0.15) is 5.69 Å². The zero-order valence-corrected chi connectivity index (χ0v) is 8.09. The number of hydrogen-bond acceptors (Lipinski definition) is 2. The molecule has 0 saturated carbocycles. The van der Waals surface area contributed by atoms with Crippen molar-refractivity contribution >= 4 is 17.1 Å². The van der Waals surface area contributed by atoms with Gasteiger partial charge in [0.1, 0.15) is 0 Å². The van der Waals surface area contributed by atoms with Crippen molar-refractivity contribution in [2.45, 2.75) is 6.54 Å². The molecule has 0 radical (unpaired) electrons. The second-order valence-electron chi connectivity index (χ2n) is 3.16. The lowest BCUT2D eigenvalue weighted by molar-refractivity contribution is 0.321. The van der Waals surface area contributed by atoms with Crippen LogP contribution in [-0.4, -0.2) is 16.0 Å². The number of hydrogen-bond donors (Lipinski definition) is 1. The molecule has 1 N–H and O–H groups in total. The standard InChI is InChI=1S/C12H10N2O/c1-2-7-14-11(9-13-15)8-10-5-3-4-6-12(10)14/h1,3-6,8-9,15H,7H2/b13-9+. The van der Waals surface area contributed by atoms with Crippen LogP contribution in [0.25, 0.3) is 10.9 Å². The third-order valence-electron chi connectivity index (χ3n) is 2.28. The second-order valence-corrected chi connectivity index (χ2v) is 3.16. The Bertz CT molecular complexity index is 546. The Balaban J connectivity index is 2.69. The molecule has 0 unspecified atom stereocenters. The van der Waals surface area contributed by atoms with Crippen molar-refractivity contribution in [3.63, 3.8) is 0 Å². The Hall–Kier alpha value is -2.21. The van der Waals surface area contributed by atoms with Crippen molar-refractivity contribution < 1.29 is 5.21 Å². The van der Waals surface area contributed by atoms with Gasteiger partial charge in [-0.15, -0.1) is 6.42 Å². The second kappa shape index (κ2) is 3.89. The van der Waals surface area contributed by atoms with Gasteiger partial charge in [0.05, 0.1) is 18.5 Å². The van der Waals surface area contributed by atoms with Crippen molar-refractivity contribution in [2.24, 2.45) is 5.16 Å². The Labute approximate surface area is 87.6 Å². The quantitative estimate of drug-likeness (QED) is 0.341. The molecule has 1 heterocycles. The van der Waals surface area contributed by atoms with Crippen LogP contribution in [0.3, 0.4) is 0 Å². The highest BCUT2D eigenvalue weighted by Gasteiger charge is 2.04. The van der Waals surface area contributed by atoms with E-state index in [1.807, 2.05) is 34.9 Å². The van der Waals surface area contributed by atoms with Crippen LogP contribution in [0.2, 0.25) is 0 Å². The molecule has 2 aromatic rings. The van der Waals surface area contributed by atoms with Gasteiger partial charge < -0.3 is 9.77 Å². The van der Waals surface area contributed by atoms with E-state index in [1.165, 1.54) is 6.21 Å². The molecule has 0 aliphatic rings. The first-order valence-corrected chi connectivity index (χ1v) is 4.56. The average Bonchev–Trinajstić information content (AvgIpc) is 2.59. The normalized spacial score (nSPS) is 10.9. The van der Waals surface area contributed by atoms with E-state index < -0.39 is 0 Å². The summed E-state index contributed by atoms with van der Waals surface area (Å²) >= 11 is 0. The molecule has 0 bridgehead atoms. The summed E-state index contributed by atoms with van der Waals surface area (Å²) in [5.41, 5.74) is 1.85. The maximum atomic E-state index is 8.54. The molecule has 3 heteroatoms. The highest BCUT2D eigenvalue weighted by atomic mass is 16.4. The van der Waals surface area contributed by atoms with Gasteiger partial charge in [-0.05, 0) is 12.1 Å². The van der Waals surface area contributed by atoms with Crippen LogP contribution >= 0.6 is 0 Å². The van der Waals surface area contributed by atoms with Crippen molar-refractivity contribution in [2.75, 3.05) is 0 Å². The fraction of sp³-hybridized carbons (Fsp3) is 0.0833. The molecule has 0 amide bonds. The molecular weight excluding hydrogens is 188 g/mol. The van der Waals surface area contributed by atoms with E-state index in [0.717, 1.165) is 16.6 Å². The molecule has 0 atom stereocenters. The molecule has 0 aliphatic heterocycles. The molecule has 0 fully saturated rings. The van der Waals surface area contributed by atoms with Crippen molar-refractivity contribution in [1.29, 1.82) is 0 Å². The van der Waals surface area contributed by atoms with Crippen molar-refractivity contribution in [3.05, 3.63) is 36.0 Å². The highest BCUT2D eigenvalue weighted by Crippen LogP contribution is 2.18. The van der Waals surface area contributed by atoms with E-state index in [4.69, 9.17) is 11.6 Å². The Morgan fingerprint density at radius 1 is 1.47 bits per heavy atom. The van der Waals surface area contributed by atoms with Gasteiger partial charge in [0, 0.05) is 10.9 Å². The van der Waals surface area contributed by atoms with Crippen molar-refractivity contribution in [3.8, 4) is 12.3 Å². The molecule has 0 aliphatic carbocycles.